The zero-order valence-corrected chi connectivity index (χ0v) is 13.6. The zero-order valence-electron chi connectivity index (χ0n) is 11.2. The first-order valence-corrected chi connectivity index (χ1v) is 7.45. The minimum absolute atomic E-state index is 0.00303. The van der Waals surface area contributed by atoms with E-state index in [2.05, 4.69) is 21.2 Å². The predicted octanol–water partition coefficient (Wildman–Crippen LogP) is 2.70. The van der Waals surface area contributed by atoms with Crippen molar-refractivity contribution in [1.29, 1.82) is 5.26 Å². The first-order valence-electron chi connectivity index (χ1n) is 6.28. The molecule has 1 saturated heterocycles. The maximum Gasteiger partial charge on any atom is 0.453 e. The maximum absolute atomic E-state index is 12.0. The number of nitrogens with zero attached hydrogens (tertiary/aromatic N) is 2. The van der Waals surface area contributed by atoms with Crippen LogP contribution in [0.5, 0.6) is 5.75 Å². The lowest BCUT2D eigenvalue weighted by molar-refractivity contribution is -0.157. The van der Waals surface area contributed by atoms with Gasteiger partial charge in [-0.2, -0.15) is 5.26 Å². The molecule has 0 aromatic heterocycles. The number of carbonyl (C=O) groups is 1. The molecule has 0 saturated carbocycles. The molecule has 6 nitrogen and oxygen atoms in total. The van der Waals surface area contributed by atoms with Crippen molar-refractivity contribution >= 4 is 33.6 Å². The van der Waals surface area contributed by atoms with Gasteiger partial charge in [0.2, 0.25) is 5.75 Å². The van der Waals surface area contributed by atoms with Gasteiger partial charge in [-0.1, -0.05) is 11.6 Å². The molecule has 1 heterocycles. The number of carbonyl (C=O) groups excluding carboxylic acids is 1. The highest BCUT2D eigenvalue weighted by atomic mass is 79.9. The predicted molar refractivity (Wildman–Crippen MR) is 80.0 cm³/mol. The van der Waals surface area contributed by atoms with E-state index in [9.17, 15) is 4.79 Å². The number of nitriles is 1. The highest BCUT2D eigenvalue weighted by molar-refractivity contribution is 9.10. The summed E-state index contributed by atoms with van der Waals surface area (Å²) < 4.78 is 0.546. The highest BCUT2D eigenvalue weighted by Crippen LogP contribution is 2.35. The summed E-state index contributed by atoms with van der Waals surface area (Å²) in [7, 11) is 0. The molecule has 1 aromatic carbocycles. The van der Waals surface area contributed by atoms with Gasteiger partial charge in [0.25, 0.3) is 0 Å². The Morgan fingerprint density at radius 2 is 2.38 bits per heavy atom. The van der Waals surface area contributed by atoms with Gasteiger partial charge in [-0.3, -0.25) is 9.79 Å². The fourth-order valence-electron chi connectivity index (χ4n) is 1.94. The highest BCUT2D eigenvalue weighted by Gasteiger charge is 2.26. The molecule has 1 aliphatic heterocycles. The quantitative estimate of drug-likeness (QED) is 0.636. The molecule has 1 unspecified atom stereocenters. The van der Waals surface area contributed by atoms with Crippen molar-refractivity contribution in [1.82, 2.24) is 10.2 Å². The minimum Gasteiger partial charge on any atom is -0.313 e. The van der Waals surface area contributed by atoms with E-state index in [0.717, 1.165) is 0 Å². The third kappa shape index (κ3) is 3.59. The van der Waals surface area contributed by atoms with Crippen molar-refractivity contribution in [3.63, 3.8) is 0 Å². The van der Waals surface area contributed by atoms with Crippen LogP contribution < -0.4 is 10.2 Å². The lowest BCUT2D eigenvalue weighted by Crippen LogP contribution is -2.52. The van der Waals surface area contributed by atoms with E-state index < -0.39 is 6.09 Å². The van der Waals surface area contributed by atoms with E-state index in [1.54, 1.807) is 11.0 Å². The molecule has 1 amide bonds. The summed E-state index contributed by atoms with van der Waals surface area (Å²) in [6.07, 6.45) is -0.607. The standard InChI is InChI=1S/C13H13BrClN3O3/c1-8-7-17-4-5-18(8)13(19)21-20-12-9(6-16)2-3-10(14)11(12)15/h2-3,8,17H,4-5,7H2,1H3. The second kappa shape index (κ2) is 6.98. The van der Waals surface area contributed by atoms with Crippen LogP contribution in [0.3, 0.4) is 0 Å². The van der Waals surface area contributed by atoms with E-state index in [1.807, 2.05) is 13.0 Å². The van der Waals surface area contributed by atoms with Gasteiger partial charge in [-0.15, -0.1) is 0 Å². The molecule has 112 valence electrons. The molecular formula is C13H13BrClN3O3. The smallest absolute Gasteiger partial charge is 0.313 e. The van der Waals surface area contributed by atoms with Crippen molar-refractivity contribution < 1.29 is 14.6 Å². The number of hydrogen-bond acceptors (Lipinski definition) is 5. The second-order valence-corrected chi connectivity index (χ2v) is 5.76. The van der Waals surface area contributed by atoms with E-state index in [4.69, 9.17) is 26.6 Å². The van der Waals surface area contributed by atoms with Gasteiger partial charge in [0.1, 0.15) is 16.7 Å². The Balaban J connectivity index is 2.08. The Morgan fingerprint density at radius 1 is 1.62 bits per heavy atom. The van der Waals surface area contributed by atoms with Crippen LogP contribution in [-0.2, 0) is 4.89 Å². The summed E-state index contributed by atoms with van der Waals surface area (Å²) in [6, 6.07) is 5.07. The lowest BCUT2D eigenvalue weighted by atomic mass is 10.2. The first kappa shape index (κ1) is 15.9. The Bertz CT molecular complexity index is 591. The van der Waals surface area contributed by atoms with Crippen LogP contribution in [0.2, 0.25) is 5.02 Å². The average Bonchev–Trinajstić information content (AvgIpc) is 2.49. The van der Waals surface area contributed by atoms with Crippen LogP contribution >= 0.6 is 27.5 Å². The van der Waals surface area contributed by atoms with Gasteiger partial charge in [-0.05, 0) is 35.0 Å². The molecule has 0 spiro atoms. The van der Waals surface area contributed by atoms with Gasteiger partial charge in [0, 0.05) is 30.1 Å². The Kier molecular flexibility index (Phi) is 5.28. The summed E-state index contributed by atoms with van der Waals surface area (Å²) in [5.41, 5.74) is 0.185. The van der Waals surface area contributed by atoms with Crippen LogP contribution in [0, 0.1) is 11.3 Å². The molecule has 1 fully saturated rings. The Labute approximate surface area is 135 Å². The maximum atomic E-state index is 12.0. The van der Waals surface area contributed by atoms with Crippen LogP contribution in [0.25, 0.3) is 0 Å². The van der Waals surface area contributed by atoms with Gasteiger partial charge in [-0.25, -0.2) is 9.68 Å². The number of halogens is 2. The number of hydrogen-bond donors (Lipinski definition) is 1. The number of benzene rings is 1. The fraction of sp³-hybridized carbons (Fsp3) is 0.385. The molecule has 1 aliphatic rings. The van der Waals surface area contributed by atoms with E-state index in [-0.39, 0.29) is 22.4 Å². The molecule has 1 atom stereocenters. The monoisotopic (exact) mass is 373 g/mol. The molecule has 1 N–H and O–H groups in total. The third-order valence-corrected chi connectivity index (χ3v) is 4.37. The van der Waals surface area contributed by atoms with Crippen molar-refractivity contribution in [2.75, 3.05) is 19.6 Å². The normalized spacial score (nSPS) is 18.0. The van der Waals surface area contributed by atoms with Crippen LogP contribution in [0.4, 0.5) is 4.79 Å². The second-order valence-electron chi connectivity index (χ2n) is 4.53. The zero-order chi connectivity index (χ0) is 15.4. The summed E-state index contributed by atoms with van der Waals surface area (Å²) in [5.74, 6) is 0.0182. The third-order valence-electron chi connectivity index (χ3n) is 3.10. The van der Waals surface area contributed by atoms with Crippen LogP contribution in [0.15, 0.2) is 16.6 Å². The molecule has 0 radical (unpaired) electrons. The minimum atomic E-state index is -0.607. The number of amides is 1. The fourth-order valence-corrected chi connectivity index (χ4v) is 2.45. The summed E-state index contributed by atoms with van der Waals surface area (Å²) >= 11 is 9.26. The number of rotatable bonds is 2. The molecule has 0 aliphatic carbocycles. The largest absolute Gasteiger partial charge is 0.453 e. The molecule has 0 bridgehead atoms. The molecular weight excluding hydrogens is 362 g/mol. The summed E-state index contributed by atoms with van der Waals surface area (Å²) in [6.45, 7) is 3.82. The van der Waals surface area contributed by atoms with Gasteiger partial charge in [0.15, 0.2) is 0 Å². The SMILES string of the molecule is CC1CNCCN1C(=O)OOc1c(C#N)ccc(Br)c1Cl. The van der Waals surface area contributed by atoms with Crippen LogP contribution in [0.1, 0.15) is 12.5 Å². The van der Waals surface area contributed by atoms with Crippen molar-refractivity contribution in [3.05, 3.63) is 27.2 Å². The average molecular weight is 375 g/mol. The van der Waals surface area contributed by atoms with E-state index in [0.29, 0.717) is 24.1 Å². The van der Waals surface area contributed by atoms with Gasteiger partial charge in [0.05, 0.1) is 0 Å². The Hall–Kier alpha value is -1.49. The summed E-state index contributed by atoms with van der Waals surface area (Å²) in [5, 5.41) is 12.4. The van der Waals surface area contributed by atoms with E-state index in [1.165, 1.54) is 6.07 Å². The number of piperazine rings is 1. The van der Waals surface area contributed by atoms with E-state index >= 15 is 0 Å². The molecule has 2 rings (SSSR count). The topological polar surface area (TPSA) is 74.6 Å². The van der Waals surface area contributed by atoms with Crippen molar-refractivity contribution in [2.24, 2.45) is 0 Å². The molecule has 8 heteroatoms. The van der Waals surface area contributed by atoms with Gasteiger partial charge >= 0.3 is 6.09 Å². The summed E-state index contributed by atoms with van der Waals surface area (Å²) in [4.78, 5) is 23.4. The number of nitrogens with one attached hydrogen (secondary N) is 1. The van der Waals surface area contributed by atoms with Crippen LogP contribution in [-0.4, -0.2) is 36.7 Å². The van der Waals surface area contributed by atoms with Crippen molar-refractivity contribution in [2.45, 2.75) is 13.0 Å². The van der Waals surface area contributed by atoms with Gasteiger partial charge < -0.3 is 5.32 Å². The lowest BCUT2D eigenvalue weighted by Gasteiger charge is -2.32. The molecule has 1 aromatic rings. The first-order chi connectivity index (χ1) is 10.0. The molecule has 21 heavy (non-hydrogen) atoms. The Morgan fingerprint density at radius 3 is 3.05 bits per heavy atom. The van der Waals surface area contributed by atoms with Crippen molar-refractivity contribution in [3.8, 4) is 11.8 Å².